The van der Waals surface area contributed by atoms with Gasteiger partial charge in [-0.3, -0.25) is 9.59 Å². The lowest BCUT2D eigenvalue weighted by Gasteiger charge is -2.32. The predicted molar refractivity (Wildman–Crippen MR) is 136 cm³/mol. The summed E-state index contributed by atoms with van der Waals surface area (Å²) >= 11 is 0. The van der Waals surface area contributed by atoms with E-state index in [1.165, 1.54) is 0 Å². The fourth-order valence-corrected chi connectivity index (χ4v) is 4.74. The molecular formula is C28H32N2O5. The summed E-state index contributed by atoms with van der Waals surface area (Å²) in [4.78, 5) is 26.8. The van der Waals surface area contributed by atoms with Gasteiger partial charge in [0.1, 0.15) is 0 Å². The van der Waals surface area contributed by atoms with Crippen molar-refractivity contribution in [3.8, 4) is 28.4 Å². The van der Waals surface area contributed by atoms with Crippen molar-refractivity contribution in [3.63, 3.8) is 0 Å². The Hall–Kier alpha value is -3.74. The molecule has 184 valence electrons. The molecule has 1 heterocycles. The number of hydrogen-bond donors (Lipinski definition) is 1. The van der Waals surface area contributed by atoms with Gasteiger partial charge in [-0.15, -0.1) is 0 Å². The molecule has 1 N–H and O–H groups in total. The van der Waals surface area contributed by atoms with Crippen molar-refractivity contribution < 1.29 is 23.8 Å². The van der Waals surface area contributed by atoms with E-state index in [9.17, 15) is 9.59 Å². The van der Waals surface area contributed by atoms with Crippen LogP contribution in [-0.4, -0.2) is 58.2 Å². The highest BCUT2D eigenvalue weighted by Crippen LogP contribution is 2.41. The molecule has 2 amide bonds. The van der Waals surface area contributed by atoms with Gasteiger partial charge in [0.05, 0.1) is 33.7 Å². The number of hydrogen-bond acceptors (Lipinski definition) is 5. The maximum atomic E-state index is 12.9. The van der Waals surface area contributed by atoms with E-state index in [2.05, 4.69) is 23.5 Å². The molecule has 7 heteroatoms. The van der Waals surface area contributed by atoms with Crippen molar-refractivity contribution >= 4 is 22.6 Å². The second kappa shape index (κ2) is 10.7. The number of benzene rings is 3. The maximum absolute atomic E-state index is 12.9. The normalized spacial score (nSPS) is 15.5. The molecule has 1 saturated heterocycles. The molecule has 0 aromatic heterocycles. The first kappa shape index (κ1) is 24.4. The quantitative estimate of drug-likeness (QED) is 0.557. The van der Waals surface area contributed by atoms with Crippen LogP contribution in [0.5, 0.6) is 17.2 Å². The van der Waals surface area contributed by atoms with E-state index >= 15 is 0 Å². The molecule has 4 rings (SSSR count). The van der Waals surface area contributed by atoms with Gasteiger partial charge in [0.2, 0.25) is 17.6 Å². The number of methoxy groups -OCH3 is 3. The Morgan fingerprint density at radius 1 is 0.914 bits per heavy atom. The molecule has 0 bridgehead atoms. The van der Waals surface area contributed by atoms with E-state index in [4.69, 9.17) is 14.2 Å². The lowest BCUT2D eigenvalue weighted by molar-refractivity contribution is -0.135. The molecular weight excluding hydrogens is 444 g/mol. The topological polar surface area (TPSA) is 77.1 Å². The Kier molecular flexibility index (Phi) is 7.44. The number of nitrogens with zero attached hydrogens (tertiary/aromatic N) is 1. The van der Waals surface area contributed by atoms with E-state index in [1.54, 1.807) is 28.4 Å². The number of ether oxygens (including phenoxy) is 3. The molecule has 1 aliphatic rings. The Bertz CT molecular complexity index is 1210. The molecule has 1 unspecified atom stereocenters. The van der Waals surface area contributed by atoms with Crippen LogP contribution in [0.25, 0.3) is 21.9 Å². The van der Waals surface area contributed by atoms with Gasteiger partial charge in [-0.25, -0.2) is 0 Å². The highest BCUT2D eigenvalue weighted by Gasteiger charge is 2.27. The second-order valence-electron chi connectivity index (χ2n) is 8.78. The smallest absolute Gasteiger partial charge is 0.227 e. The third-order valence-electron chi connectivity index (χ3n) is 6.65. The van der Waals surface area contributed by atoms with Crippen LogP contribution in [0.2, 0.25) is 0 Å². The van der Waals surface area contributed by atoms with Crippen molar-refractivity contribution in [1.82, 2.24) is 10.2 Å². The minimum Gasteiger partial charge on any atom is -0.493 e. The van der Waals surface area contributed by atoms with Gasteiger partial charge in [-0.1, -0.05) is 30.3 Å². The highest BCUT2D eigenvalue weighted by atomic mass is 16.5. The summed E-state index contributed by atoms with van der Waals surface area (Å²) in [6.07, 6.45) is 2.00. The van der Waals surface area contributed by atoms with Gasteiger partial charge < -0.3 is 24.4 Å². The molecule has 7 nitrogen and oxygen atoms in total. The Balaban J connectivity index is 1.54. The number of likely N-dealkylation sites (tertiary alicyclic amines) is 1. The first-order chi connectivity index (χ1) is 17.0. The van der Waals surface area contributed by atoms with Crippen molar-refractivity contribution in [2.24, 2.45) is 5.92 Å². The number of amides is 2. The Morgan fingerprint density at radius 3 is 2.26 bits per heavy atom. The SMILES string of the molecule is CNC(=O)C1CCCN(C(=O)Cc2ccc3cc(-c4cc(OC)c(OC)c(OC)c4)ccc3c2)C1. The van der Waals surface area contributed by atoms with Crippen molar-refractivity contribution in [2.75, 3.05) is 41.5 Å². The third kappa shape index (κ3) is 5.19. The van der Waals surface area contributed by atoms with Crippen molar-refractivity contribution in [2.45, 2.75) is 19.3 Å². The zero-order valence-corrected chi connectivity index (χ0v) is 20.7. The molecule has 3 aromatic carbocycles. The maximum Gasteiger partial charge on any atom is 0.227 e. The fraction of sp³-hybridized carbons (Fsp3) is 0.357. The van der Waals surface area contributed by atoms with E-state index in [1.807, 2.05) is 35.2 Å². The van der Waals surface area contributed by atoms with Crippen LogP contribution < -0.4 is 19.5 Å². The molecule has 0 radical (unpaired) electrons. The van der Waals surface area contributed by atoms with Gasteiger partial charge in [0.25, 0.3) is 0 Å². The Morgan fingerprint density at radius 2 is 1.60 bits per heavy atom. The molecule has 1 atom stereocenters. The van der Waals surface area contributed by atoms with Crippen LogP contribution in [0.3, 0.4) is 0 Å². The number of rotatable bonds is 7. The lowest BCUT2D eigenvalue weighted by Crippen LogP contribution is -2.45. The average molecular weight is 477 g/mol. The number of carbonyl (C=O) groups is 2. The van der Waals surface area contributed by atoms with E-state index < -0.39 is 0 Å². The number of fused-ring (bicyclic) bond motifs is 1. The summed E-state index contributed by atoms with van der Waals surface area (Å²) in [5, 5.41) is 4.84. The zero-order valence-electron chi connectivity index (χ0n) is 20.7. The van der Waals surface area contributed by atoms with Crippen LogP contribution in [0, 0.1) is 5.92 Å². The van der Waals surface area contributed by atoms with Gasteiger partial charge in [0, 0.05) is 20.1 Å². The second-order valence-corrected chi connectivity index (χ2v) is 8.78. The lowest BCUT2D eigenvalue weighted by atomic mass is 9.96. The summed E-state index contributed by atoms with van der Waals surface area (Å²) in [7, 11) is 6.44. The third-order valence-corrected chi connectivity index (χ3v) is 6.65. The minimum absolute atomic E-state index is 0.0103. The molecule has 3 aromatic rings. The van der Waals surface area contributed by atoms with E-state index in [0.717, 1.165) is 40.3 Å². The molecule has 0 spiro atoms. The van der Waals surface area contributed by atoms with Crippen LogP contribution in [0.1, 0.15) is 18.4 Å². The largest absolute Gasteiger partial charge is 0.493 e. The van der Waals surface area contributed by atoms with Gasteiger partial charge >= 0.3 is 0 Å². The minimum atomic E-state index is -0.122. The van der Waals surface area contributed by atoms with E-state index in [0.29, 0.717) is 36.8 Å². The summed E-state index contributed by atoms with van der Waals surface area (Å²) < 4.78 is 16.4. The van der Waals surface area contributed by atoms with Crippen molar-refractivity contribution in [3.05, 3.63) is 54.1 Å². The summed E-state index contributed by atoms with van der Waals surface area (Å²) in [5.41, 5.74) is 2.94. The van der Waals surface area contributed by atoms with Gasteiger partial charge in [0.15, 0.2) is 11.5 Å². The monoisotopic (exact) mass is 476 g/mol. The van der Waals surface area contributed by atoms with Crippen LogP contribution >= 0.6 is 0 Å². The Labute approximate surface area is 206 Å². The molecule has 0 saturated carbocycles. The summed E-state index contributed by atoms with van der Waals surface area (Å²) in [5.74, 6) is 1.72. The molecule has 35 heavy (non-hydrogen) atoms. The van der Waals surface area contributed by atoms with Crippen LogP contribution in [-0.2, 0) is 16.0 Å². The van der Waals surface area contributed by atoms with Gasteiger partial charge in [-0.2, -0.15) is 0 Å². The van der Waals surface area contributed by atoms with Crippen LogP contribution in [0.15, 0.2) is 48.5 Å². The average Bonchev–Trinajstić information content (AvgIpc) is 2.91. The number of nitrogens with one attached hydrogen (secondary N) is 1. The number of piperidine rings is 1. The summed E-state index contributed by atoms with van der Waals surface area (Å²) in [6.45, 7) is 1.20. The first-order valence-electron chi connectivity index (χ1n) is 11.8. The predicted octanol–water partition coefficient (Wildman–Crippen LogP) is 4.06. The van der Waals surface area contributed by atoms with Crippen molar-refractivity contribution in [1.29, 1.82) is 0 Å². The van der Waals surface area contributed by atoms with Crippen LogP contribution in [0.4, 0.5) is 0 Å². The summed E-state index contributed by atoms with van der Waals surface area (Å²) in [6, 6.07) is 16.2. The van der Waals surface area contributed by atoms with E-state index in [-0.39, 0.29) is 17.7 Å². The molecule has 0 aliphatic carbocycles. The molecule has 1 fully saturated rings. The highest BCUT2D eigenvalue weighted by molar-refractivity contribution is 5.90. The molecule has 1 aliphatic heterocycles. The standard InChI is InChI=1S/C28H32N2O5/c1-29-28(32)22-6-5-11-30(17-22)26(31)13-18-7-8-20-14-21(10-9-19(20)12-18)23-15-24(33-2)27(35-4)25(16-23)34-3/h7-10,12,14-16,22H,5-6,11,13,17H2,1-4H3,(H,29,32). The van der Waals surface area contributed by atoms with Gasteiger partial charge in [-0.05, 0) is 58.5 Å². The fourth-order valence-electron chi connectivity index (χ4n) is 4.74. The zero-order chi connectivity index (χ0) is 24.9. The number of carbonyl (C=O) groups excluding carboxylic acids is 2. The first-order valence-corrected chi connectivity index (χ1v) is 11.8.